The van der Waals surface area contributed by atoms with E-state index in [0.29, 0.717) is 23.3 Å². The number of anilines is 1. The number of rotatable bonds is 6. The van der Waals surface area contributed by atoms with Gasteiger partial charge in [-0.15, -0.1) is 0 Å². The molecule has 1 aromatic carbocycles. The Labute approximate surface area is 119 Å². The van der Waals surface area contributed by atoms with E-state index >= 15 is 0 Å². The summed E-state index contributed by atoms with van der Waals surface area (Å²) in [5.74, 6) is 0.603. The minimum atomic E-state index is -0.300. The number of benzene rings is 1. The number of carbonyl (C=O) groups is 1. The lowest BCUT2D eigenvalue weighted by molar-refractivity contribution is -0.140. The molecule has 0 heterocycles. The van der Waals surface area contributed by atoms with Gasteiger partial charge in [-0.25, -0.2) is 0 Å². The highest BCUT2D eigenvalue weighted by Gasteiger charge is 2.12. The molecule has 1 aromatic rings. The van der Waals surface area contributed by atoms with Gasteiger partial charge >= 0.3 is 5.97 Å². The predicted molar refractivity (Wildman–Crippen MR) is 77.2 cm³/mol. The summed E-state index contributed by atoms with van der Waals surface area (Å²) in [5, 5.41) is 3.67. The summed E-state index contributed by atoms with van der Waals surface area (Å²) in [7, 11) is 1.57. The lowest BCUT2D eigenvalue weighted by Gasteiger charge is -2.15. The Morgan fingerprint density at radius 2 is 2.11 bits per heavy atom. The Hall–Kier alpha value is -1.42. The zero-order valence-corrected chi connectivity index (χ0v) is 12.5. The zero-order valence-electron chi connectivity index (χ0n) is 11.7. The van der Waals surface area contributed by atoms with Crippen molar-refractivity contribution in [3.8, 4) is 5.75 Å². The van der Waals surface area contributed by atoms with E-state index in [0.717, 1.165) is 11.3 Å². The lowest BCUT2D eigenvalue weighted by Crippen LogP contribution is -2.17. The maximum absolute atomic E-state index is 11.4. The maximum atomic E-state index is 11.4. The van der Waals surface area contributed by atoms with Crippen LogP contribution in [-0.2, 0) is 9.53 Å². The van der Waals surface area contributed by atoms with Crippen LogP contribution in [0.15, 0.2) is 12.1 Å². The van der Waals surface area contributed by atoms with E-state index in [-0.39, 0.29) is 12.5 Å². The van der Waals surface area contributed by atoms with Crippen LogP contribution < -0.4 is 10.1 Å². The van der Waals surface area contributed by atoms with Crippen LogP contribution in [0.1, 0.15) is 32.3 Å². The van der Waals surface area contributed by atoms with Gasteiger partial charge in [0.05, 0.1) is 19.4 Å². The standard InChI is InChI=1S/C14H20ClNO3/c1-5-19-14(17)8-16-12-6-10(9(2)3)11(15)7-13(12)18-4/h6-7,9,16H,5,8H2,1-4H3. The van der Waals surface area contributed by atoms with Crippen LogP contribution in [0.3, 0.4) is 0 Å². The lowest BCUT2D eigenvalue weighted by atomic mass is 10.0. The van der Waals surface area contributed by atoms with Gasteiger partial charge in [-0.1, -0.05) is 25.4 Å². The van der Waals surface area contributed by atoms with Gasteiger partial charge in [0.25, 0.3) is 0 Å². The minimum absolute atomic E-state index is 0.101. The van der Waals surface area contributed by atoms with Crippen LogP contribution >= 0.6 is 11.6 Å². The van der Waals surface area contributed by atoms with E-state index in [1.807, 2.05) is 6.07 Å². The molecular weight excluding hydrogens is 266 g/mol. The molecule has 0 aliphatic rings. The van der Waals surface area contributed by atoms with Gasteiger partial charge in [-0.3, -0.25) is 4.79 Å². The highest BCUT2D eigenvalue weighted by molar-refractivity contribution is 6.31. The smallest absolute Gasteiger partial charge is 0.325 e. The fourth-order valence-corrected chi connectivity index (χ4v) is 2.07. The summed E-state index contributed by atoms with van der Waals surface area (Å²) in [5.41, 5.74) is 1.75. The van der Waals surface area contributed by atoms with Crippen LogP contribution in [-0.4, -0.2) is 26.2 Å². The van der Waals surface area contributed by atoms with Gasteiger partial charge in [0.2, 0.25) is 0 Å². The van der Waals surface area contributed by atoms with Crippen molar-refractivity contribution in [1.29, 1.82) is 0 Å². The van der Waals surface area contributed by atoms with Crippen LogP contribution in [0.5, 0.6) is 5.75 Å². The highest BCUT2D eigenvalue weighted by Crippen LogP contribution is 2.34. The van der Waals surface area contributed by atoms with E-state index in [2.05, 4.69) is 19.2 Å². The van der Waals surface area contributed by atoms with Gasteiger partial charge in [-0.05, 0) is 24.5 Å². The molecule has 1 N–H and O–H groups in total. The van der Waals surface area contributed by atoms with E-state index in [4.69, 9.17) is 21.1 Å². The fourth-order valence-electron chi connectivity index (χ4n) is 1.70. The fraction of sp³-hybridized carbons (Fsp3) is 0.500. The third-order valence-corrected chi connectivity index (χ3v) is 3.00. The molecule has 19 heavy (non-hydrogen) atoms. The average Bonchev–Trinajstić information content (AvgIpc) is 2.36. The van der Waals surface area contributed by atoms with Gasteiger partial charge in [0, 0.05) is 11.1 Å². The van der Waals surface area contributed by atoms with Crippen molar-refractivity contribution in [2.75, 3.05) is 25.6 Å². The normalized spacial score (nSPS) is 10.4. The number of halogens is 1. The Morgan fingerprint density at radius 1 is 1.42 bits per heavy atom. The second-order valence-corrected chi connectivity index (χ2v) is 4.79. The molecule has 0 saturated heterocycles. The highest BCUT2D eigenvalue weighted by atomic mass is 35.5. The molecule has 0 fully saturated rings. The molecule has 5 heteroatoms. The van der Waals surface area contributed by atoms with Crippen molar-refractivity contribution in [2.45, 2.75) is 26.7 Å². The first-order valence-electron chi connectivity index (χ1n) is 6.26. The Kier molecular flexibility index (Phi) is 5.96. The molecule has 0 aliphatic heterocycles. The molecule has 0 spiro atoms. The van der Waals surface area contributed by atoms with Crippen LogP contribution in [0.2, 0.25) is 5.02 Å². The largest absolute Gasteiger partial charge is 0.495 e. The van der Waals surface area contributed by atoms with Crippen LogP contribution in [0, 0.1) is 0 Å². The van der Waals surface area contributed by atoms with Crippen molar-refractivity contribution in [3.63, 3.8) is 0 Å². The second kappa shape index (κ2) is 7.24. The van der Waals surface area contributed by atoms with Crippen LogP contribution in [0.4, 0.5) is 5.69 Å². The Bertz CT molecular complexity index is 447. The molecule has 0 aliphatic carbocycles. The van der Waals surface area contributed by atoms with Crippen LogP contribution in [0.25, 0.3) is 0 Å². The summed E-state index contributed by atoms with van der Waals surface area (Å²) >= 11 is 6.19. The summed E-state index contributed by atoms with van der Waals surface area (Å²) in [6.07, 6.45) is 0. The SMILES string of the molecule is CCOC(=O)CNc1cc(C(C)C)c(Cl)cc1OC. The second-order valence-electron chi connectivity index (χ2n) is 4.39. The van der Waals surface area contributed by atoms with E-state index in [1.54, 1.807) is 20.1 Å². The molecule has 0 unspecified atom stereocenters. The summed E-state index contributed by atoms with van der Waals surface area (Å²) in [6, 6.07) is 3.66. The van der Waals surface area contributed by atoms with Gasteiger partial charge < -0.3 is 14.8 Å². The van der Waals surface area contributed by atoms with Crippen molar-refractivity contribution in [3.05, 3.63) is 22.7 Å². The first-order valence-corrected chi connectivity index (χ1v) is 6.64. The van der Waals surface area contributed by atoms with Gasteiger partial charge in [-0.2, -0.15) is 0 Å². The van der Waals surface area contributed by atoms with Crippen molar-refractivity contribution in [1.82, 2.24) is 0 Å². The van der Waals surface area contributed by atoms with Gasteiger partial charge in [0.15, 0.2) is 0 Å². The monoisotopic (exact) mass is 285 g/mol. The Morgan fingerprint density at radius 3 is 2.63 bits per heavy atom. The molecule has 1 rings (SSSR count). The quantitative estimate of drug-likeness (QED) is 0.813. The summed E-state index contributed by atoms with van der Waals surface area (Å²) in [4.78, 5) is 11.4. The number of nitrogens with one attached hydrogen (secondary N) is 1. The molecule has 0 radical (unpaired) electrons. The van der Waals surface area contributed by atoms with Crippen molar-refractivity contribution < 1.29 is 14.3 Å². The molecule has 4 nitrogen and oxygen atoms in total. The number of hydrogen-bond acceptors (Lipinski definition) is 4. The average molecular weight is 286 g/mol. The molecule has 106 valence electrons. The third-order valence-electron chi connectivity index (χ3n) is 2.67. The topological polar surface area (TPSA) is 47.6 Å². The van der Waals surface area contributed by atoms with E-state index in [1.165, 1.54) is 0 Å². The van der Waals surface area contributed by atoms with Crippen molar-refractivity contribution in [2.24, 2.45) is 0 Å². The maximum Gasteiger partial charge on any atom is 0.325 e. The first-order chi connectivity index (χ1) is 8.99. The zero-order chi connectivity index (χ0) is 14.4. The molecule has 0 aromatic heterocycles. The van der Waals surface area contributed by atoms with E-state index < -0.39 is 0 Å². The molecule has 0 atom stereocenters. The molecule has 0 bridgehead atoms. The van der Waals surface area contributed by atoms with E-state index in [9.17, 15) is 4.79 Å². The first kappa shape index (κ1) is 15.6. The number of ether oxygens (including phenoxy) is 2. The Balaban J connectivity index is 2.91. The van der Waals surface area contributed by atoms with Gasteiger partial charge in [0.1, 0.15) is 12.3 Å². The number of esters is 1. The number of hydrogen-bond donors (Lipinski definition) is 1. The van der Waals surface area contributed by atoms with Crippen molar-refractivity contribution >= 4 is 23.3 Å². The molecule has 0 amide bonds. The predicted octanol–water partition coefficient (Wildman–Crippen LogP) is 3.45. The molecule has 0 saturated carbocycles. The minimum Gasteiger partial charge on any atom is -0.495 e. The third kappa shape index (κ3) is 4.31. The number of carbonyl (C=O) groups excluding carboxylic acids is 1. The number of methoxy groups -OCH3 is 1. The summed E-state index contributed by atoms with van der Waals surface area (Å²) < 4.78 is 10.1. The summed E-state index contributed by atoms with van der Waals surface area (Å²) in [6.45, 7) is 6.36. The molecular formula is C14H20ClNO3.